The molecule has 0 aliphatic rings. The number of hydrogen-bond donors (Lipinski definition) is 0. The molecule has 0 bridgehead atoms. The van der Waals surface area contributed by atoms with Crippen LogP contribution in [0.4, 0.5) is 0 Å². The van der Waals surface area contributed by atoms with E-state index in [1.807, 2.05) is 0 Å². The van der Waals surface area contributed by atoms with Crippen LogP contribution >= 0.6 is 24.8 Å². The van der Waals surface area contributed by atoms with Crippen LogP contribution in [-0.4, -0.2) is 18.9 Å². The van der Waals surface area contributed by atoms with Crippen molar-refractivity contribution >= 4 is 43.7 Å². The monoisotopic (exact) mass is 220 g/mol. The van der Waals surface area contributed by atoms with Crippen LogP contribution in [0.1, 0.15) is 0 Å². The summed E-state index contributed by atoms with van der Waals surface area (Å²) in [6.45, 7) is 0. The summed E-state index contributed by atoms with van der Waals surface area (Å²) in [5, 5.41) is 0. The van der Waals surface area contributed by atoms with E-state index in [2.05, 4.69) is 0 Å². The zero-order valence-electron chi connectivity index (χ0n) is 1.32. The molecule has 0 unspecified atom stereocenters. The van der Waals surface area contributed by atoms with E-state index in [4.69, 9.17) is 0 Å². The Hall–Kier alpha value is 2.55. The summed E-state index contributed by atoms with van der Waals surface area (Å²) in [5.41, 5.74) is 0. The first-order valence-electron chi connectivity index (χ1n) is 0. The summed E-state index contributed by atoms with van der Waals surface area (Å²) in [4.78, 5) is 0. The van der Waals surface area contributed by atoms with Crippen molar-refractivity contribution < 1.29 is 41.7 Å². The van der Waals surface area contributed by atoms with Gasteiger partial charge in [0.2, 0.25) is 0 Å². The first-order valence-corrected chi connectivity index (χ1v) is 0. The Bertz CT molecular complexity index is 6.00. The van der Waals surface area contributed by atoms with Crippen LogP contribution in [0.25, 0.3) is 0 Å². The van der Waals surface area contributed by atoms with Gasteiger partial charge in [-0.15, -0.1) is 24.8 Å². The predicted molar refractivity (Wildman–Crippen MR) is 21.6 cm³/mol. The van der Waals surface area contributed by atoms with E-state index in [1.54, 1.807) is 0 Å². The molecule has 4 heteroatoms. The molecule has 0 radical (unpaired) electrons. The van der Waals surface area contributed by atoms with Crippen LogP contribution < -0.4 is 0 Å². The maximum atomic E-state index is 0. The van der Waals surface area contributed by atoms with Crippen molar-refractivity contribution in [1.29, 1.82) is 0 Å². The quantitative estimate of drug-likeness (QED) is 0.512. The first kappa shape index (κ1) is 31.0. The Morgan fingerprint density at radius 2 is 0.750 bits per heavy atom. The van der Waals surface area contributed by atoms with Gasteiger partial charge in [0.1, 0.15) is 0 Å². The van der Waals surface area contributed by atoms with Gasteiger partial charge in [0.25, 0.3) is 0 Å². The summed E-state index contributed by atoms with van der Waals surface area (Å²) in [5.74, 6) is 0. The second kappa shape index (κ2) is 17.7. The van der Waals surface area contributed by atoms with E-state index in [-0.39, 0.29) is 85.4 Å². The molecular weight excluding hydrogens is 218 g/mol. The molecule has 0 rings (SSSR count). The molecule has 0 spiro atoms. The fourth-order valence-corrected chi connectivity index (χ4v) is 0. The van der Waals surface area contributed by atoms with Gasteiger partial charge in [0.05, 0.1) is 0 Å². The molecule has 0 aromatic heterocycles. The van der Waals surface area contributed by atoms with Crippen molar-refractivity contribution in [1.82, 2.24) is 0 Å². The molecule has 0 aromatic rings. The van der Waals surface area contributed by atoms with E-state index in [0.717, 1.165) is 0 Å². The summed E-state index contributed by atoms with van der Waals surface area (Å²) >= 11 is 0. The molecular formula is H3CeCl2Li. The minimum absolute atomic E-state index is 0. The van der Waals surface area contributed by atoms with Crippen molar-refractivity contribution in [2.75, 3.05) is 0 Å². The molecule has 0 amide bonds. The first-order chi connectivity index (χ1) is 0. The van der Waals surface area contributed by atoms with Crippen molar-refractivity contribution in [3.05, 3.63) is 0 Å². The molecule has 0 aliphatic carbocycles. The molecule has 0 aliphatic heterocycles. The summed E-state index contributed by atoms with van der Waals surface area (Å²) in [6, 6.07) is 0. The number of hydrogen-bond acceptors (Lipinski definition) is 0. The van der Waals surface area contributed by atoms with Gasteiger partial charge < -0.3 is 0 Å². The van der Waals surface area contributed by atoms with Gasteiger partial charge in [0.15, 0.2) is 0 Å². The number of rotatable bonds is 0. The van der Waals surface area contributed by atoms with E-state index in [0.29, 0.717) is 0 Å². The van der Waals surface area contributed by atoms with Crippen LogP contribution in [0.5, 0.6) is 0 Å². The average molecular weight is 221 g/mol. The van der Waals surface area contributed by atoms with Crippen molar-refractivity contribution in [2.45, 2.75) is 0 Å². The molecule has 0 heterocycles. The Balaban J connectivity index is 0. The zero-order valence-corrected chi connectivity index (χ0v) is 6.09. The van der Waals surface area contributed by atoms with Crippen molar-refractivity contribution in [3.63, 3.8) is 0 Å². The molecule has 0 saturated carbocycles. The SMILES string of the molecule is Cl.Cl.[Ce].[LiH]. The van der Waals surface area contributed by atoms with Gasteiger partial charge in [-0.05, 0) is 0 Å². The van der Waals surface area contributed by atoms with E-state index < -0.39 is 0 Å². The predicted octanol–water partition coefficient (Wildman–Crippen LogP) is 0.195. The standard InChI is InChI=1S/Ce.2ClH.Li.H/h;2*1H;;. The third-order valence-electron chi connectivity index (χ3n) is 0. The van der Waals surface area contributed by atoms with Gasteiger partial charge in [-0.1, -0.05) is 0 Å². The van der Waals surface area contributed by atoms with E-state index in [1.165, 1.54) is 0 Å². The van der Waals surface area contributed by atoms with Crippen molar-refractivity contribution in [3.8, 4) is 0 Å². The summed E-state index contributed by atoms with van der Waals surface area (Å²) < 4.78 is 0. The molecule has 0 saturated heterocycles. The molecule has 0 aromatic carbocycles. The van der Waals surface area contributed by atoms with E-state index >= 15 is 0 Å². The number of halogens is 2. The Morgan fingerprint density at radius 3 is 0.750 bits per heavy atom. The van der Waals surface area contributed by atoms with Gasteiger partial charge in [-0.25, -0.2) is 0 Å². The van der Waals surface area contributed by atoms with Crippen LogP contribution in [0.2, 0.25) is 0 Å². The van der Waals surface area contributed by atoms with Gasteiger partial charge in [-0.3, -0.25) is 0 Å². The van der Waals surface area contributed by atoms with Gasteiger partial charge >= 0.3 is 18.9 Å². The molecule has 22 valence electrons. The summed E-state index contributed by atoms with van der Waals surface area (Å²) in [7, 11) is 0. The third-order valence-corrected chi connectivity index (χ3v) is 0. The second-order valence-corrected chi connectivity index (χ2v) is 0. The van der Waals surface area contributed by atoms with Crippen LogP contribution in [-0.2, 0) is 0 Å². The van der Waals surface area contributed by atoms with Gasteiger partial charge in [-0.2, -0.15) is 0 Å². The Labute approximate surface area is 83.9 Å². The fourth-order valence-electron chi connectivity index (χ4n) is 0. The normalized spacial score (nSPS) is 0. The fraction of sp³-hybridized carbons (Fsp3) is 0. The van der Waals surface area contributed by atoms with Crippen molar-refractivity contribution in [2.24, 2.45) is 0 Å². The van der Waals surface area contributed by atoms with E-state index in [9.17, 15) is 0 Å². The van der Waals surface area contributed by atoms with Gasteiger partial charge in [0, 0.05) is 41.7 Å². The zero-order chi connectivity index (χ0) is 0. The maximum absolute atomic E-state index is 0. The molecule has 0 atom stereocenters. The molecule has 4 heavy (non-hydrogen) atoms. The topological polar surface area (TPSA) is 0 Å². The summed E-state index contributed by atoms with van der Waals surface area (Å²) in [6.07, 6.45) is 0. The minimum atomic E-state index is 0. The molecule has 0 N–H and O–H groups in total. The average Bonchev–Trinajstić information content (AvgIpc) is 0. The molecule has 0 nitrogen and oxygen atoms in total. The Kier molecular flexibility index (Phi) is 137. The Morgan fingerprint density at radius 1 is 0.750 bits per heavy atom. The molecule has 0 fully saturated rings. The van der Waals surface area contributed by atoms with Crippen LogP contribution in [0.15, 0.2) is 0 Å². The van der Waals surface area contributed by atoms with Crippen LogP contribution in [0.3, 0.4) is 0 Å². The third kappa shape index (κ3) is 8.82. The second-order valence-electron chi connectivity index (χ2n) is 0. The van der Waals surface area contributed by atoms with Crippen LogP contribution in [0, 0.1) is 41.7 Å².